The largest absolute Gasteiger partial charge is 0.374 e. The molecule has 0 bridgehead atoms. The predicted octanol–water partition coefficient (Wildman–Crippen LogP) is 3.74. The van der Waals surface area contributed by atoms with Gasteiger partial charge in [-0.1, -0.05) is 33.6 Å². The highest BCUT2D eigenvalue weighted by molar-refractivity contribution is 4.88. The van der Waals surface area contributed by atoms with Gasteiger partial charge in [-0.25, -0.2) is 0 Å². The van der Waals surface area contributed by atoms with E-state index >= 15 is 0 Å². The van der Waals surface area contributed by atoms with Gasteiger partial charge >= 0.3 is 0 Å². The molecule has 0 amide bonds. The summed E-state index contributed by atoms with van der Waals surface area (Å²) in [5, 5.41) is 0. The smallest absolute Gasteiger partial charge is 0.0804 e. The summed E-state index contributed by atoms with van der Waals surface area (Å²) in [5.41, 5.74) is 5.96. The highest BCUT2D eigenvalue weighted by Crippen LogP contribution is 2.36. The average molecular weight is 241 g/mol. The Balaban J connectivity index is 2.33. The van der Waals surface area contributed by atoms with E-state index in [1.54, 1.807) is 0 Å². The molecule has 0 aromatic rings. The van der Waals surface area contributed by atoms with Gasteiger partial charge in [-0.3, -0.25) is 0 Å². The van der Waals surface area contributed by atoms with E-state index in [9.17, 15) is 0 Å². The quantitative estimate of drug-likeness (QED) is 0.737. The molecule has 0 aromatic carbocycles. The minimum Gasteiger partial charge on any atom is -0.374 e. The summed E-state index contributed by atoms with van der Waals surface area (Å²) in [7, 11) is 0. The molecule has 2 heteroatoms. The number of hydrogen-bond donors (Lipinski definition) is 1. The summed E-state index contributed by atoms with van der Waals surface area (Å²) in [6.45, 7) is 8.36. The first-order chi connectivity index (χ1) is 8.12. The molecule has 1 aliphatic rings. The van der Waals surface area contributed by atoms with Gasteiger partial charge in [0.05, 0.1) is 5.60 Å². The second-order valence-corrected chi connectivity index (χ2v) is 6.15. The molecule has 0 spiro atoms. The number of rotatable bonds is 7. The number of nitrogens with two attached hydrogens (primary N) is 1. The second kappa shape index (κ2) is 7.38. The molecule has 1 rings (SSSR count). The predicted molar refractivity (Wildman–Crippen MR) is 74.1 cm³/mol. The van der Waals surface area contributed by atoms with Crippen LogP contribution in [0.1, 0.15) is 65.7 Å². The van der Waals surface area contributed by atoms with Crippen molar-refractivity contribution in [2.45, 2.75) is 71.3 Å². The Morgan fingerprint density at radius 2 is 1.94 bits per heavy atom. The molecular formula is C15H31NO. The van der Waals surface area contributed by atoms with E-state index in [1.807, 2.05) is 0 Å². The van der Waals surface area contributed by atoms with Crippen LogP contribution in [-0.2, 0) is 4.74 Å². The summed E-state index contributed by atoms with van der Waals surface area (Å²) < 4.78 is 6.13. The molecule has 0 atom stereocenters. The van der Waals surface area contributed by atoms with Gasteiger partial charge in [-0.05, 0) is 43.9 Å². The Bertz CT molecular complexity index is 195. The van der Waals surface area contributed by atoms with E-state index in [0.717, 1.165) is 24.9 Å². The van der Waals surface area contributed by atoms with Gasteiger partial charge < -0.3 is 10.5 Å². The maximum absolute atomic E-state index is 6.13. The van der Waals surface area contributed by atoms with Gasteiger partial charge in [-0.2, -0.15) is 0 Å². The van der Waals surface area contributed by atoms with Crippen molar-refractivity contribution in [1.29, 1.82) is 0 Å². The van der Waals surface area contributed by atoms with Gasteiger partial charge in [0, 0.05) is 13.2 Å². The molecule has 0 aromatic heterocycles. The van der Waals surface area contributed by atoms with E-state index < -0.39 is 0 Å². The highest BCUT2D eigenvalue weighted by Gasteiger charge is 2.34. The van der Waals surface area contributed by atoms with E-state index in [-0.39, 0.29) is 5.60 Å². The lowest BCUT2D eigenvalue weighted by Crippen LogP contribution is -2.44. The third kappa shape index (κ3) is 4.97. The molecule has 0 aliphatic heterocycles. The molecule has 0 radical (unpaired) electrons. The lowest BCUT2D eigenvalue weighted by molar-refractivity contribution is -0.0748. The van der Waals surface area contributed by atoms with Crippen LogP contribution in [0, 0.1) is 11.8 Å². The van der Waals surface area contributed by atoms with E-state index in [1.165, 1.54) is 38.5 Å². The molecule has 2 nitrogen and oxygen atoms in total. The summed E-state index contributed by atoms with van der Waals surface area (Å²) >= 11 is 0. The molecular weight excluding hydrogens is 210 g/mol. The lowest BCUT2D eigenvalue weighted by atomic mass is 9.77. The summed E-state index contributed by atoms with van der Waals surface area (Å²) in [6, 6.07) is 0. The van der Waals surface area contributed by atoms with E-state index in [2.05, 4.69) is 20.8 Å². The third-order valence-corrected chi connectivity index (χ3v) is 4.19. The fourth-order valence-electron chi connectivity index (χ4n) is 2.82. The minimum absolute atomic E-state index is 0.0130. The van der Waals surface area contributed by atoms with Crippen LogP contribution in [0.3, 0.4) is 0 Å². The van der Waals surface area contributed by atoms with Crippen LogP contribution in [0.2, 0.25) is 0 Å². The number of hydrogen-bond acceptors (Lipinski definition) is 2. The normalized spacial score (nSPS) is 29.8. The zero-order valence-electron chi connectivity index (χ0n) is 12.0. The first kappa shape index (κ1) is 15.0. The van der Waals surface area contributed by atoms with Crippen LogP contribution in [0.5, 0.6) is 0 Å². The molecule has 1 aliphatic carbocycles. The van der Waals surface area contributed by atoms with Gasteiger partial charge in [0.1, 0.15) is 0 Å². The molecule has 102 valence electrons. The molecule has 0 saturated heterocycles. The summed E-state index contributed by atoms with van der Waals surface area (Å²) in [6.07, 6.45) is 8.82. The van der Waals surface area contributed by atoms with Crippen LogP contribution in [0.15, 0.2) is 0 Å². The zero-order valence-corrected chi connectivity index (χ0v) is 12.0. The van der Waals surface area contributed by atoms with Gasteiger partial charge in [0.2, 0.25) is 0 Å². The van der Waals surface area contributed by atoms with Crippen LogP contribution in [0.4, 0.5) is 0 Å². The third-order valence-electron chi connectivity index (χ3n) is 4.19. The Morgan fingerprint density at radius 1 is 1.29 bits per heavy atom. The van der Waals surface area contributed by atoms with Gasteiger partial charge in [-0.15, -0.1) is 0 Å². The standard InChI is InChI=1S/C15H31NO/c1-4-5-14-6-9-15(12-16,10-7-14)17-11-8-13(2)3/h13-14H,4-12,16H2,1-3H3. The van der Waals surface area contributed by atoms with Crippen molar-refractivity contribution in [3.05, 3.63) is 0 Å². The first-order valence-corrected chi connectivity index (χ1v) is 7.46. The minimum atomic E-state index is 0.0130. The van der Waals surface area contributed by atoms with Crippen molar-refractivity contribution in [3.63, 3.8) is 0 Å². The molecule has 2 N–H and O–H groups in total. The van der Waals surface area contributed by atoms with Crippen molar-refractivity contribution in [3.8, 4) is 0 Å². The van der Waals surface area contributed by atoms with E-state index in [4.69, 9.17) is 10.5 Å². The maximum Gasteiger partial charge on any atom is 0.0804 e. The molecule has 0 heterocycles. The van der Waals surface area contributed by atoms with Gasteiger partial charge in [0.15, 0.2) is 0 Å². The molecule has 17 heavy (non-hydrogen) atoms. The maximum atomic E-state index is 6.13. The molecule has 1 fully saturated rings. The van der Waals surface area contributed by atoms with Crippen LogP contribution in [-0.4, -0.2) is 18.8 Å². The first-order valence-electron chi connectivity index (χ1n) is 7.46. The Hall–Kier alpha value is -0.0800. The molecule has 1 saturated carbocycles. The van der Waals surface area contributed by atoms with Gasteiger partial charge in [0.25, 0.3) is 0 Å². The lowest BCUT2D eigenvalue weighted by Gasteiger charge is -2.39. The van der Waals surface area contributed by atoms with Crippen molar-refractivity contribution in [1.82, 2.24) is 0 Å². The highest BCUT2D eigenvalue weighted by atomic mass is 16.5. The second-order valence-electron chi connectivity index (χ2n) is 6.15. The average Bonchev–Trinajstić information content (AvgIpc) is 2.31. The van der Waals surface area contributed by atoms with Crippen molar-refractivity contribution < 1.29 is 4.74 Å². The summed E-state index contributed by atoms with van der Waals surface area (Å²) in [5.74, 6) is 1.65. The Morgan fingerprint density at radius 3 is 2.41 bits per heavy atom. The zero-order chi connectivity index (χ0) is 12.7. The monoisotopic (exact) mass is 241 g/mol. The fourth-order valence-corrected chi connectivity index (χ4v) is 2.82. The number of ether oxygens (including phenoxy) is 1. The fraction of sp³-hybridized carbons (Fsp3) is 1.00. The van der Waals surface area contributed by atoms with Crippen molar-refractivity contribution in [2.24, 2.45) is 17.6 Å². The van der Waals surface area contributed by atoms with Crippen LogP contribution < -0.4 is 5.73 Å². The Labute approximate surface area is 107 Å². The van der Waals surface area contributed by atoms with Crippen LogP contribution >= 0.6 is 0 Å². The van der Waals surface area contributed by atoms with E-state index in [0.29, 0.717) is 6.54 Å². The van der Waals surface area contributed by atoms with Crippen LogP contribution in [0.25, 0.3) is 0 Å². The SMILES string of the molecule is CCCC1CCC(CN)(OCCC(C)C)CC1. The topological polar surface area (TPSA) is 35.2 Å². The van der Waals surface area contributed by atoms with Crippen molar-refractivity contribution >= 4 is 0 Å². The summed E-state index contributed by atoms with van der Waals surface area (Å²) in [4.78, 5) is 0. The Kier molecular flexibility index (Phi) is 6.50. The van der Waals surface area contributed by atoms with Crippen molar-refractivity contribution in [2.75, 3.05) is 13.2 Å². The molecule has 0 unspecified atom stereocenters.